The number of thioether (sulfide) groups is 1. The highest BCUT2D eigenvalue weighted by atomic mass is 32.2. The van der Waals surface area contributed by atoms with Crippen molar-refractivity contribution in [2.45, 2.75) is 43.3 Å². The van der Waals surface area contributed by atoms with E-state index in [0.29, 0.717) is 54.7 Å². The fourth-order valence-corrected chi connectivity index (χ4v) is 5.08. The summed E-state index contributed by atoms with van der Waals surface area (Å²) in [7, 11) is -3.24. The molecular formula is C17H24F2N2O3S2. The molecule has 0 radical (unpaired) electrons. The van der Waals surface area contributed by atoms with Crippen molar-refractivity contribution in [2.24, 2.45) is 5.92 Å². The fourth-order valence-electron chi connectivity index (χ4n) is 2.85. The number of sulfonamides is 1. The number of hydrogen-bond donors (Lipinski definition) is 1. The summed E-state index contributed by atoms with van der Waals surface area (Å²) in [5, 5.41) is 2.75. The van der Waals surface area contributed by atoms with Crippen molar-refractivity contribution in [3.05, 3.63) is 24.3 Å². The number of piperidine rings is 1. The topological polar surface area (TPSA) is 66.5 Å². The minimum atomic E-state index is -3.24. The highest BCUT2D eigenvalue weighted by Crippen LogP contribution is 2.28. The number of nitrogens with one attached hydrogen (secondary N) is 1. The Morgan fingerprint density at radius 2 is 2.04 bits per heavy atom. The number of halogens is 2. The summed E-state index contributed by atoms with van der Waals surface area (Å²) in [5.41, 5.74) is 0.471. The van der Waals surface area contributed by atoms with Crippen LogP contribution in [0.2, 0.25) is 0 Å². The summed E-state index contributed by atoms with van der Waals surface area (Å²) in [6, 6.07) is 6.34. The molecule has 1 fully saturated rings. The number of nitrogens with zero attached hydrogens (tertiary/aromatic N) is 1. The standard InChI is InChI=1S/C17H24F2N2O3S2/c1-2-3-11-26(23,24)21-9-7-13(8-10-21)16(22)20-14-5-4-6-15(12-14)25-17(18)19/h4-6,12-13,17H,2-3,7-11H2,1H3,(H,20,22). The number of carbonyl (C=O) groups excluding carboxylic acids is 1. The summed E-state index contributed by atoms with van der Waals surface area (Å²) in [6.07, 6.45) is 2.38. The third-order valence-electron chi connectivity index (χ3n) is 4.30. The third-order valence-corrected chi connectivity index (χ3v) is 6.96. The van der Waals surface area contributed by atoms with E-state index in [9.17, 15) is 22.0 Å². The Labute approximate surface area is 157 Å². The summed E-state index contributed by atoms with van der Waals surface area (Å²) < 4.78 is 50.7. The van der Waals surface area contributed by atoms with E-state index in [1.54, 1.807) is 18.2 Å². The fraction of sp³-hybridized carbons (Fsp3) is 0.588. The number of alkyl halides is 2. The van der Waals surface area contributed by atoms with Crippen LogP contribution < -0.4 is 5.32 Å². The van der Waals surface area contributed by atoms with Crippen LogP contribution in [-0.4, -0.2) is 43.2 Å². The van der Waals surface area contributed by atoms with Crippen molar-refractivity contribution < 1.29 is 22.0 Å². The molecule has 2 rings (SSSR count). The zero-order chi connectivity index (χ0) is 19.2. The van der Waals surface area contributed by atoms with Crippen LogP contribution in [0, 0.1) is 5.92 Å². The maximum atomic E-state index is 12.4. The molecule has 0 unspecified atom stereocenters. The monoisotopic (exact) mass is 406 g/mol. The molecule has 1 aliphatic heterocycles. The van der Waals surface area contributed by atoms with E-state index < -0.39 is 15.8 Å². The maximum Gasteiger partial charge on any atom is 0.288 e. The molecule has 1 aromatic rings. The van der Waals surface area contributed by atoms with Crippen molar-refractivity contribution in [1.29, 1.82) is 0 Å². The van der Waals surface area contributed by atoms with Gasteiger partial charge in [0, 0.05) is 29.6 Å². The van der Waals surface area contributed by atoms with Crippen LogP contribution in [0.5, 0.6) is 0 Å². The molecule has 5 nitrogen and oxygen atoms in total. The molecule has 1 saturated heterocycles. The maximum absolute atomic E-state index is 12.4. The molecule has 0 bridgehead atoms. The predicted molar refractivity (Wildman–Crippen MR) is 99.9 cm³/mol. The van der Waals surface area contributed by atoms with Gasteiger partial charge in [0.25, 0.3) is 5.76 Å². The van der Waals surface area contributed by atoms with Crippen LogP contribution in [-0.2, 0) is 14.8 Å². The van der Waals surface area contributed by atoms with Gasteiger partial charge in [-0.1, -0.05) is 31.2 Å². The van der Waals surface area contributed by atoms with E-state index in [0.717, 1.165) is 6.42 Å². The van der Waals surface area contributed by atoms with Gasteiger partial charge in [0.15, 0.2) is 0 Å². The first-order valence-corrected chi connectivity index (χ1v) is 11.1. The molecule has 0 aliphatic carbocycles. The third kappa shape index (κ3) is 6.21. The normalized spacial score (nSPS) is 16.8. The van der Waals surface area contributed by atoms with Gasteiger partial charge in [0.1, 0.15) is 0 Å². The molecule has 146 valence electrons. The quantitative estimate of drug-likeness (QED) is 0.667. The van der Waals surface area contributed by atoms with Crippen LogP contribution in [0.15, 0.2) is 29.2 Å². The zero-order valence-corrected chi connectivity index (χ0v) is 16.3. The first-order chi connectivity index (χ1) is 12.3. The largest absolute Gasteiger partial charge is 0.326 e. The average molecular weight is 407 g/mol. The van der Waals surface area contributed by atoms with Gasteiger partial charge in [-0.25, -0.2) is 12.7 Å². The number of amides is 1. The van der Waals surface area contributed by atoms with Crippen LogP contribution in [0.4, 0.5) is 14.5 Å². The number of benzene rings is 1. The van der Waals surface area contributed by atoms with Crippen LogP contribution in [0.3, 0.4) is 0 Å². The minimum Gasteiger partial charge on any atom is -0.326 e. The SMILES string of the molecule is CCCCS(=O)(=O)N1CCC(C(=O)Nc2cccc(SC(F)F)c2)CC1. The van der Waals surface area contributed by atoms with Crippen molar-refractivity contribution >= 4 is 33.4 Å². The Morgan fingerprint density at radius 3 is 2.65 bits per heavy atom. The van der Waals surface area contributed by atoms with E-state index in [1.165, 1.54) is 10.4 Å². The Bertz CT molecular complexity index is 706. The van der Waals surface area contributed by atoms with E-state index in [-0.39, 0.29) is 17.6 Å². The molecular weight excluding hydrogens is 382 g/mol. The Kier molecular flexibility index (Phi) is 7.85. The van der Waals surface area contributed by atoms with E-state index in [2.05, 4.69) is 5.32 Å². The second kappa shape index (κ2) is 9.66. The Hall–Kier alpha value is -1.19. The van der Waals surface area contributed by atoms with Gasteiger partial charge in [-0.2, -0.15) is 8.78 Å². The molecule has 0 spiro atoms. The van der Waals surface area contributed by atoms with Crippen molar-refractivity contribution in [2.75, 3.05) is 24.2 Å². The van der Waals surface area contributed by atoms with Crippen molar-refractivity contribution in [3.8, 4) is 0 Å². The lowest BCUT2D eigenvalue weighted by molar-refractivity contribution is -0.120. The molecule has 0 atom stereocenters. The summed E-state index contributed by atoms with van der Waals surface area (Å²) in [4.78, 5) is 12.8. The highest BCUT2D eigenvalue weighted by Gasteiger charge is 2.30. The molecule has 0 saturated carbocycles. The van der Waals surface area contributed by atoms with Gasteiger partial charge in [-0.3, -0.25) is 4.79 Å². The molecule has 9 heteroatoms. The number of unbranched alkanes of at least 4 members (excludes halogenated alkanes) is 1. The first-order valence-electron chi connectivity index (χ1n) is 8.65. The molecule has 1 N–H and O–H groups in total. The number of rotatable bonds is 8. The Morgan fingerprint density at radius 1 is 1.35 bits per heavy atom. The second-order valence-corrected chi connectivity index (χ2v) is 9.39. The minimum absolute atomic E-state index is 0.148. The molecule has 1 aromatic carbocycles. The molecule has 1 aliphatic rings. The van der Waals surface area contributed by atoms with Crippen LogP contribution in [0.25, 0.3) is 0 Å². The zero-order valence-electron chi connectivity index (χ0n) is 14.7. The number of hydrogen-bond acceptors (Lipinski definition) is 4. The summed E-state index contributed by atoms with van der Waals surface area (Å²) in [5.74, 6) is -2.84. The van der Waals surface area contributed by atoms with Gasteiger partial charge >= 0.3 is 0 Å². The van der Waals surface area contributed by atoms with Crippen LogP contribution >= 0.6 is 11.8 Å². The van der Waals surface area contributed by atoms with Gasteiger partial charge in [-0.15, -0.1) is 0 Å². The number of carbonyl (C=O) groups is 1. The second-order valence-electron chi connectivity index (χ2n) is 6.24. The van der Waals surface area contributed by atoms with E-state index in [1.807, 2.05) is 6.92 Å². The van der Waals surface area contributed by atoms with Gasteiger partial charge in [0.2, 0.25) is 15.9 Å². The Balaban J connectivity index is 1.89. The molecule has 1 amide bonds. The lowest BCUT2D eigenvalue weighted by Crippen LogP contribution is -2.42. The van der Waals surface area contributed by atoms with E-state index in [4.69, 9.17) is 0 Å². The first kappa shape index (κ1) is 21.1. The van der Waals surface area contributed by atoms with Crippen molar-refractivity contribution in [3.63, 3.8) is 0 Å². The summed E-state index contributed by atoms with van der Waals surface area (Å²) in [6.45, 7) is 2.62. The smallest absolute Gasteiger partial charge is 0.288 e. The van der Waals surface area contributed by atoms with Gasteiger partial charge in [0.05, 0.1) is 5.75 Å². The number of anilines is 1. The van der Waals surface area contributed by atoms with E-state index >= 15 is 0 Å². The molecule has 26 heavy (non-hydrogen) atoms. The lowest BCUT2D eigenvalue weighted by atomic mass is 9.97. The van der Waals surface area contributed by atoms with Gasteiger partial charge < -0.3 is 5.32 Å². The molecule has 0 aromatic heterocycles. The lowest BCUT2D eigenvalue weighted by Gasteiger charge is -2.30. The van der Waals surface area contributed by atoms with Gasteiger partial charge in [-0.05, 0) is 37.5 Å². The predicted octanol–water partition coefficient (Wildman–Crippen LogP) is 3.78. The average Bonchev–Trinajstić information content (AvgIpc) is 2.60. The molecule has 1 heterocycles. The highest BCUT2D eigenvalue weighted by molar-refractivity contribution is 7.99. The van der Waals surface area contributed by atoms with Crippen LogP contribution in [0.1, 0.15) is 32.6 Å². The van der Waals surface area contributed by atoms with Crippen molar-refractivity contribution in [1.82, 2.24) is 4.31 Å². The summed E-state index contributed by atoms with van der Waals surface area (Å²) >= 11 is 0.427.